The Balaban J connectivity index is 2.89. The Morgan fingerprint density at radius 1 is 1.32 bits per heavy atom. The monoisotopic (exact) mass is 283 g/mol. The summed E-state index contributed by atoms with van der Waals surface area (Å²) in [5.41, 5.74) is 0.778. The van der Waals surface area contributed by atoms with E-state index in [0.29, 0.717) is 12.8 Å². The van der Waals surface area contributed by atoms with E-state index < -0.39 is 15.4 Å². The van der Waals surface area contributed by atoms with Crippen molar-refractivity contribution in [2.45, 2.75) is 57.1 Å². The molecular formula is C15H23O3S. The fourth-order valence-electron chi connectivity index (χ4n) is 2.31. The molecule has 0 aliphatic carbocycles. The van der Waals surface area contributed by atoms with Gasteiger partial charge in [-0.3, -0.25) is 4.55 Å². The van der Waals surface area contributed by atoms with Crippen LogP contribution in [0.25, 0.3) is 0 Å². The Labute approximate surface area is 116 Å². The van der Waals surface area contributed by atoms with Gasteiger partial charge < -0.3 is 0 Å². The summed E-state index contributed by atoms with van der Waals surface area (Å²) >= 11 is 0. The molecule has 19 heavy (non-hydrogen) atoms. The molecule has 3 nitrogen and oxygen atoms in total. The lowest BCUT2D eigenvalue weighted by atomic mass is 9.80. The molecule has 0 spiro atoms. The molecule has 0 aliphatic heterocycles. The highest BCUT2D eigenvalue weighted by Gasteiger charge is 2.31. The van der Waals surface area contributed by atoms with Gasteiger partial charge in [-0.2, -0.15) is 8.42 Å². The molecule has 1 radical (unpaired) electrons. The highest BCUT2D eigenvalue weighted by Crippen LogP contribution is 2.31. The standard InChI is InChI=1S/C15H23O3S/c1-4-5-11-14(19(16,17)18)12-15(2,3)13-9-7-6-8-10-13/h7-10,14H,4-5,11-12H2,1-3H3,(H,16,17,18). The van der Waals surface area contributed by atoms with Gasteiger partial charge in [-0.25, -0.2) is 0 Å². The summed E-state index contributed by atoms with van der Waals surface area (Å²) in [6.07, 6.45) is 2.67. The lowest BCUT2D eigenvalue weighted by molar-refractivity contribution is 0.404. The Morgan fingerprint density at radius 3 is 2.37 bits per heavy atom. The predicted octanol–water partition coefficient (Wildman–Crippen LogP) is 3.60. The maximum Gasteiger partial charge on any atom is 0.267 e. The summed E-state index contributed by atoms with van der Waals surface area (Å²) < 4.78 is 32.4. The van der Waals surface area contributed by atoms with Gasteiger partial charge in [0.25, 0.3) is 10.1 Å². The average molecular weight is 283 g/mol. The van der Waals surface area contributed by atoms with E-state index in [9.17, 15) is 13.0 Å². The second-order valence-electron chi connectivity index (χ2n) is 5.66. The molecule has 0 bridgehead atoms. The third-order valence-electron chi connectivity index (χ3n) is 3.54. The zero-order chi connectivity index (χ0) is 14.5. The van der Waals surface area contributed by atoms with Gasteiger partial charge in [0.05, 0.1) is 5.25 Å². The van der Waals surface area contributed by atoms with Gasteiger partial charge in [-0.15, -0.1) is 0 Å². The Morgan fingerprint density at radius 2 is 1.89 bits per heavy atom. The van der Waals surface area contributed by atoms with Crippen molar-refractivity contribution in [1.82, 2.24) is 0 Å². The first-order valence-electron chi connectivity index (χ1n) is 6.70. The fourth-order valence-corrected chi connectivity index (χ4v) is 3.41. The molecule has 1 aromatic rings. The van der Waals surface area contributed by atoms with Crippen LogP contribution in [-0.4, -0.2) is 18.2 Å². The number of hydrogen-bond acceptors (Lipinski definition) is 2. The SMILES string of the molecule is CCCCC(CC(C)(C)c1cc[c]cc1)S(=O)(=O)O. The van der Waals surface area contributed by atoms with E-state index in [4.69, 9.17) is 0 Å². The van der Waals surface area contributed by atoms with Crippen molar-refractivity contribution in [3.8, 4) is 0 Å². The first-order chi connectivity index (χ1) is 8.77. The van der Waals surface area contributed by atoms with Crippen LogP contribution in [0.3, 0.4) is 0 Å². The van der Waals surface area contributed by atoms with Crippen molar-refractivity contribution in [3.05, 3.63) is 35.9 Å². The van der Waals surface area contributed by atoms with Crippen LogP contribution in [0.5, 0.6) is 0 Å². The molecule has 0 aromatic heterocycles. The molecule has 1 N–H and O–H groups in total. The quantitative estimate of drug-likeness (QED) is 0.778. The Kier molecular flexibility index (Phi) is 5.56. The number of benzene rings is 1. The van der Waals surface area contributed by atoms with Crippen molar-refractivity contribution in [2.75, 3.05) is 0 Å². The largest absolute Gasteiger partial charge is 0.285 e. The predicted molar refractivity (Wildman–Crippen MR) is 77.8 cm³/mol. The van der Waals surface area contributed by atoms with Crippen LogP contribution in [0.2, 0.25) is 0 Å². The van der Waals surface area contributed by atoms with E-state index in [-0.39, 0.29) is 5.41 Å². The molecule has 107 valence electrons. The first kappa shape index (κ1) is 16.2. The van der Waals surface area contributed by atoms with Gasteiger partial charge in [-0.05, 0) is 29.9 Å². The normalized spacial score (nSPS) is 14.3. The summed E-state index contributed by atoms with van der Waals surface area (Å²) in [6, 6.07) is 10.5. The van der Waals surface area contributed by atoms with Crippen molar-refractivity contribution in [1.29, 1.82) is 0 Å². The summed E-state index contributed by atoms with van der Waals surface area (Å²) in [5.74, 6) is 0. The van der Waals surface area contributed by atoms with Gasteiger partial charge in [0.1, 0.15) is 0 Å². The topological polar surface area (TPSA) is 54.4 Å². The van der Waals surface area contributed by atoms with E-state index in [1.807, 2.05) is 45.0 Å². The van der Waals surface area contributed by atoms with Gasteiger partial charge in [0.2, 0.25) is 0 Å². The molecular weight excluding hydrogens is 260 g/mol. The van der Waals surface area contributed by atoms with Crippen molar-refractivity contribution >= 4 is 10.1 Å². The molecule has 1 atom stereocenters. The van der Waals surface area contributed by atoms with Crippen LogP contribution in [0.1, 0.15) is 52.0 Å². The molecule has 4 heteroatoms. The molecule has 1 aromatic carbocycles. The third kappa shape index (κ3) is 4.96. The zero-order valence-corrected chi connectivity index (χ0v) is 12.7. The molecule has 1 rings (SSSR count). The van der Waals surface area contributed by atoms with Crippen molar-refractivity contribution in [3.63, 3.8) is 0 Å². The van der Waals surface area contributed by atoms with E-state index in [0.717, 1.165) is 18.4 Å². The molecule has 0 aliphatic rings. The molecule has 0 saturated heterocycles. The van der Waals surface area contributed by atoms with Crippen LogP contribution in [0.4, 0.5) is 0 Å². The molecule has 0 amide bonds. The summed E-state index contributed by atoms with van der Waals surface area (Å²) in [6.45, 7) is 6.03. The zero-order valence-electron chi connectivity index (χ0n) is 11.9. The minimum absolute atomic E-state index is 0.288. The van der Waals surface area contributed by atoms with Crippen LogP contribution in [0.15, 0.2) is 24.3 Å². The second kappa shape index (κ2) is 6.53. The molecule has 0 saturated carbocycles. The molecule has 0 heterocycles. The third-order valence-corrected chi connectivity index (χ3v) is 4.78. The Bertz CT molecular complexity index is 477. The van der Waals surface area contributed by atoms with Gasteiger partial charge >= 0.3 is 0 Å². The highest BCUT2D eigenvalue weighted by molar-refractivity contribution is 7.86. The Hall–Kier alpha value is -0.870. The van der Waals surface area contributed by atoms with Gasteiger partial charge in [-0.1, -0.05) is 57.9 Å². The maximum atomic E-state index is 11.5. The lowest BCUT2D eigenvalue weighted by Gasteiger charge is -2.29. The maximum absolute atomic E-state index is 11.5. The fraction of sp³-hybridized carbons (Fsp3) is 0.600. The highest BCUT2D eigenvalue weighted by atomic mass is 32.2. The van der Waals surface area contributed by atoms with Crippen LogP contribution < -0.4 is 0 Å². The smallest absolute Gasteiger partial charge is 0.267 e. The van der Waals surface area contributed by atoms with E-state index >= 15 is 0 Å². The number of unbranched alkanes of at least 4 members (excludes halogenated alkanes) is 1. The second-order valence-corrected chi connectivity index (χ2v) is 7.35. The first-order valence-corrected chi connectivity index (χ1v) is 8.20. The van der Waals surface area contributed by atoms with E-state index in [2.05, 4.69) is 6.07 Å². The molecule has 1 unspecified atom stereocenters. The van der Waals surface area contributed by atoms with Gasteiger partial charge in [0, 0.05) is 0 Å². The summed E-state index contributed by atoms with van der Waals surface area (Å²) in [7, 11) is -3.99. The van der Waals surface area contributed by atoms with Crippen LogP contribution >= 0.6 is 0 Å². The number of hydrogen-bond donors (Lipinski definition) is 1. The number of rotatable bonds is 7. The van der Waals surface area contributed by atoms with Crippen LogP contribution in [-0.2, 0) is 15.5 Å². The molecule has 0 fully saturated rings. The minimum atomic E-state index is -3.99. The van der Waals surface area contributed by atoms with Gasteiger partial charge in [0.15, 0.2) is 0 Å². The average Bonchev–Trinajstić information content (AvgIpc) is 2.34. The van der Waals surface area contributed by atoms with Crippen molar-refractivity contribution < 1.29 is 13.0 Å². The summed E-state index contributed by atoms with van der Waals surface area (Å²) in [4.78, 5) is 0. The lowest BCUT2D eigenvalue weighted by Crippen LogP contribution is -2.30. The van der Waals surface area contributed by atoms with E-state index in [1.165, 1.54) is 0 Å². The van der Waals surface area contributed by atoms with Crippen molar-refractivity contribution in [2.24, 2.45) is 0 Å². The van der Waals surface area contributed by atoms with Crippen LogP contribution in [0, 0.1) is 6.07 Å². The minimum Gasteiger partial charge on any atom is -0.285 e. The van der Waals surface area contributed by atoms with E-state index in [1.54, 1.807) is 0 Å². The summed E-state index contributed by atoms with van der Waals surface area (Å²) in [5, 5.41) is -0.688.